The Balaban J connectivity index is 2.86. The highest BCUT2D eigenvalue weighted by molar-refractivity contribution is 5.75. The molecule has 0 fully saturated rings. The molecule has 0 atom stereocenters. The van der Waals surface area contributed by atoms with Gasteiger partial charge in [0.05, 0.1) is 0 Å². The minimum Gasteiger partial charge on any atom is -0.317 e. The molecule has 2 heteroatoms. The van der Waals surface area contributed by atoms with Gasteiger partial charge in [0.15, 0.2) is 0 Å². The van der Waals surface area contributed by atoms with Crippen LogP contribution < -0.4 is 5.32 Å². The largest absolute Gasteiger partial charge is 0.317 e. The fraction of sp³-hybridized carbons (Fsp3) is 0.900. The molecular formula is C10H21NO. The van der Waals surface area contributed by atoms with Crippen molar-refractivity contribution in [2.75, 3.05) is 13.1 Å². The van der Waals surface area contributed by atoms with Gasteiger partial charge in [0.25, 0.3) is 0 Å². The fourth-order valence-corrected chi connectivity index (χ4v) is 1.09. The van der Waals surface area contributed by atoms with Crippen molar-refractivity contribution in [3.8, 4) is 0 Å². The summed E-state index contributed by atoms with van der Waals surface area (Å²) in [5.74, 6) is 0.297. The first kappa shape index (κ1) is 11.6. The highest BCUT2D eigenvalue weighted by Crippen LogP contribution is 1.92. The van der Waals surface area contributed by atoms with Gasteiger partial charge in [-0.1, -0.05) is 19.8 Å². The quantitative estimate of drug-likeness (QED) is 0.567. The number of hydrogen-bond donors (Lipinski definition) is 1. The van der Waals surface area contributed by atoms with Gasteiger partial charge >= 0.3 is 0 Å². The second kappa shape index (κ2) is 8.72. The summed E-state index contributed by atoms with van der Waals surface area (Å²) in [6.07, 6.45) is 5.55. The number of hydrogen-bond acceptors (Lipinski definition) is 2. The number of nitrogens with one attached hydrogen (secondary N) is 1. The minimum absolute atomic E-state index is 0.297. The molecule has 0 heterocycles. The zero-order valence-corrected chi connectivity index (χ0v) is 8.36. The molecule has 0 aliphatic rings. The summed E-state index contributed by atoms with van der Waals surface area (Å²) < 4.78 is 0. The van der Waals surface area contributed by atoms with Gasteiger partial charge in [-0.05, 0) is 32.9 Å². The van der Waals surface area contributed by atoms with Crippen molar-refractivity contribution in [3.63, 3.8) is 0 Å². The Morgan fingerprint density at radius 2 is 1.83 bits per heavy atom. The third-order valence-electron chi connectivity index (χ3n) is 1.84. The number of ketones is 1. The van der Waals surface area contributed by atoms with Crippen LogP contribution in [0.4, 0.5) is 0 Å². The summed E-state index contributed by atoms with van der Waals surface area (Å²) >= 11 is 0. The van der Waals surface area contributed by atoms with Gasteiger partial charge in [0, 0.05) is 6.42 Å². The Morgan fingerprint density at radius 1 is 1.17 bits per heavy atom. The molecule has 0 aromatic carbocycles. The van der Waals surface area contributed by atoms with Crippen LogP contribution in [0.2, 0.25) is 0 Å². The Bertz CT molecular complexity index is 112. The van der Waals surface area contributed by atoms with Crippen LogP contribution >= 0.6 is 0 Å². The topological polar surface area (TPSA) is 29.1 Å². The van der Waals surface area contributed by atoms with Crippen molar-refractivity contribution < 1.29 is 4.79 Å². The summed E-state index contributed by atoms with van der Waals surface area (Å²) in [6, 6.07) is 0. The average Bonchev–Trinajstić information content (AvgIpc) is 2.02. The van der Waals surface area contributed by atoms with Crippen LogP contribution in [0, 0.1) is 0 Å². The van der Waals surface area contributed by atoms with E-state index >= 15 is 0 Å². The van der Waals surface area contributed by atoms with Crippen LogP contribution in [0.3, 0.4) is 0 Å². The maximum atomic E-state index is 10.6. The lowest BCUT2D eigenvalue weighted by Gasteiger charge is -2.02. The van der Waals surface area contributed by atoms with E-state index in [1.54, 1.807) is 6.92 Å². The summed E-state index contributed by atoms with van der Waals surface area (Å²) in [7, 11) is 0. The van der Waals surface area contributed by atoms with Gasteiger partial charge in [-0.25, -0.2) is 0 Å². The van der Waals surface area contributed by atoms with E-state index in [2.05, 4.69) is 12.2 Å². The van der Waals surface area contributed by atoms with E-state index in [9.17, 15) is 4.79 Å². The molecule has 0 unspecified atom stereocenters. The Hall–Kier alpha value is -0.370. The Kier molecular flexibility index (Phi) is 8.46. The van der Waals surface area contributed by atoms with Crippen molar-refractivity contribution in [2.45, 2.75) is 46.0 Å². The van der Waals surface area contributed by atoms with Crippen molar-refractivity contribution in [2.24, 2.45) is 0 Å². The molecular weight excluding hydrogens is 150 g/mol. The van der Waals surface area contributed by atoms with Crippen LogP contribution in [0.15, 0.2) is 0 Å². The second-order valence-electron chi connectivity index (χ2n) is 3.26. The first-order valence-electron chi connectivity index (χ1n) is 4.97. The van der Waals surface area contributed by atoms with E-state index in [0.717, 1.165) is 25.9 Å². The van der Waals surface area contributed by atoms with Crippen LogP contribution in [0.1, 0.15) is 46.0 Å². The number of carbonyl (C=O) groups excluding carboxylic acids is 1. The molecule has 0 rings (SSSR count). The number of carbonyl (C=O) groups is 1. The first-order chi connectivity index (χ1) is 5.77. The van der Waals surface area contributed by atoms with E-state index in [4.69, 9.17) is 0 Å². The smallest absolute Gasteiger partial charge is 0.129 e. The van der Waals surface area contributed by atoms with Crippen LogP contribution in [0.5, 0.6) is 0 Å². The molecule has 0 spiro atoms. The second-order valence-corrected chi connectivity index (χ2v) is 3.26. The molecule has 0 aromatic heterocycles. The van der Waals surface area contributed by atoms with Crippen molar-refractivity contribution in [1.82, 2.24) is 5.32 Å². The molecule has 0 saturated heterocycles. The highest BCUT2D eigenvalue weighted by atomic mass is 16.1. The summed E-state index contributed by atoms with van der Waals surface area (Å²) in [5.41, 5.74) is 0. The number of Topliss-reactive ketones (excluding diaryl/α,β-unsaturated/α-hetero) is 1. The van der Waals surface area contributed by atoms with E-state index in [-0.39, 0.29) is 0 Å². The summed E-state index contributed by atoms with van der Waals surface area (Å²) in [6.45, 7) is 5.95. The number of unbranched alkanes of at least 4 members (excludes halogenated alkanes) is 2. The lowest BCUT2D eigenvalue weighted by atomic mass is 10.2. The molecule has 0 aliphatic heterocycles. The zero-order chi connectivity index (χ0) is 9.23. The molecule has 0 saturated carbocycles. The molecule has 0 aromatic rings. The Morgan fingerprint density at radius 3 is 2.42 bits per heavy atom. The zero-order valence-electron chi connectivity index (χ0n) is 8.36. The molecule has 12 heavy (non-hydrogen) atoms. The van der Waals surface area contributed by atoms with Gasteiger partial charge in [0.2, 0.25) is 0 Å². The molecule has 0 amide bonds. The van der Waals surface area contributed by atoms with E-state index in [1.165, 1.54) is 19.3 Å². The summed E-state index contributed by atoms with van der Waals surface area (Å²) in [5, 5.41) is 3.32. The molecule has 1 N–H and O–H groups in total. The highest BCUT2D eigenvalue weighted by Gasteiger charge is 1.92. The standard InChI is InChI=1S/C10H21NO/c1-3-4-5-8-11-9-6-7-10(2)12/h11H,3-9H2,1-2H3. The van der Waals surface area contributed by atoms with Gasteiger partial charge in [0.1, 0.15) is 5.78 Å². The third-order valence-corrected chi connectivity index (χ3v) is 1.84. The lowest BCUT2D eigenvalue weighted by Crippen LogP contribution is -2.17. The number of rotatable bonds is 8. The van der Waals surface area contributed by atoms with Crippen LogP contribution in [0.25, 0.3) is 0 Å². The Labute approximate surface area is 75.7 Å². The fourth-order valence-electron chi connectivity index (χ4n) is 1.09. The summed E-state index contributed by atoms with van der Waals surface area (Å²) in [4.78, 5) is 10.6. The predicted molar refractivity (Wildman–Crippen MR) is 52.3 cm³/mol. The average molecular weight is 171 g/mol. The van der Waals surface area contributed by atoms with Gasteiger partial charge < -0.3 is 10.1 Å². The third kappa shape index (κ3) is 9.63. The van der Waals surface area contributed by atoms with E-state index in [1.807, 2.05) is 0 Å². The molecule has 0 aliphatic carbocycles. The SMILES string of the molecule is CCCCCNCCCC(C)=O. The van der Waals surface area contributed by atoms with Gasteiger partial charge in [-0.2, -0.15) is 0 Å². The normalized spacial score (nSPS) is 10.2. The molecule has 72 valence electrons. The van der Waals surface area contributed by atoms with Crippen molar-refractivity contribution in [1.29, 1.82) is 0 Å². The lowest BCUT2D eigenvalue weighted by molar-refractivity contribution is -0.117. The minimum atomic E-state index is 0.297. The maximum Gasteiger partial charge on any atom is 0.129 e. The van der Waals surface area contributed by atoms with E-state index in [0.29, 0.717) is 5.78 Å². The molecule has 2 nitrogen and oxygen atoms in total. The van der Waals surface area contributed by atoms with Crippen LogP contribution in [-0.2, 0) is 4.79 Å². The molecule has 0 bridgehead atoms. The van der Waals surface area contributed by atoms with Crippen molar-refractivity contribution >= 4 is 5.78 Å². The van der Waals surface area contributed by atoms with Crippen LogP contribution in [-0.4, -0.2) is 18.9 Å². The van der Waals surface area contributed by atoms with E-state index < -0.39 is 0 Å². The predicted octanol–water partition coefficient (Wildman–Crippen LogP) is 2.14. The van der Waals surface area contributed by atoms with Gasteiger partial charge in [-0.3, -0.25) is 0 Å². The van der Waals surface area contributed by atoms with Crippen molar-refractivity contribution in [3.05, 3.63) is 0 Å². The monoisotopic (exact) mass is 171 g/mol. The maximum absolute atomic E-state index is 10.6. The van der Waals surface area contributed by atoms with Gasteiger partial charge in [-0.15, -0.1) is 0 Å². The first-order valence-corrected chi connectivity index (χ1v) is 4.97. The molecule has 0 radical (unpaired) electrons.